The number of hydrogen-bond acceptors (Lipinski definition) is 4. The lowest BCUT2D eigenvalue weighted by Crippen LogP contribution is -2.49. The maximum Gasteiger partial charge on any atom is 0.324 e. The third-order valence-corrected chi connectivity index (χ3v) is 3.88. The molecule has 104 valence electrons. The Kier molecular flexibility index (Phi) is 4.43. The average molecular weight is 262 g/mol. The summed E-state index contributed by atoms with van der Waals surface area (Å²) in [5.74, 6) is -0.210. The van der Waals surface area contributed by atoms with Crippen molar-refractivity contribution < 1.29 is 9.53 Å². The van der Waals surface area contributed by atoms with Gasteiger partial charge in [-0.1, -0.05) is 18.2 Å². The number of anilines is 1. The molecule has 2 unspecified atom stereocenters. The van der Waals surface area contributed by atoms with Crippen molar-refractivity contribution in [3.05, 3.63) is 29.8 Å². The van der Waals surface area contributed by atoms with E-state index in [1.807, 2.05) is 0 Å². The molecule has 0 fully saturated rings. The number of rotatable bonds is 4. The number of hydrogen-bond donors (Lipinski definition) is 1. The predicted molar refractivity (Wildman–Crippen MR) is 76.4 cm³/mol. The third-order valence-electron chi connectivity index (χ3n) is 3.88. The molecule has 0 aliphatic carbocycles. The summed E-state index contributed by atoms with van der Waals surface area (Å²) < 4.78 is 4.84. The number of aryl methyl sites for hydroxylation is 1. The fourth-order valence-corrected chi connectivity index (χ4v) is 2.66. The van der Waals surface area contributed by atoms with Gasteiger partial charge in [0.15, 0.2) is 0 Å². The second-order valence-electron chi connectivity index (χ2n) is 5.03. The number of nitrogens with zero attached hydrogens (tertiary/aromatic N) is 1. The Labute approximate surface area is 114 Å². The quantitative estimate of drug-likeness (QED) is 0.837. The maximum atomic E-state index is 11.7. The summed E-state index contributed by atoms with van der Waals surface area (Å²) in [6.07, 6.45) is 2.23. The Hall–Kier alpha value is -1.55. The van der Waals surface area contributed by atoms with E-state index in [0.717, 1.165) is 12.8 Å². The van der Waals surface area contributed by atoms with E-state index >= 15 is 0 Å². The first-order valence-electron chi connectivity index (χ1n) is 6.77. The zero-order valence-electron chi connectivity index (χ0n) is 11.8. The van der Waals surface area contributed by atoms with Crippen molar-refractivity contribution in [3.8, 4) is 0 Å². The highest BCUT2D eigenvalue weighted by atomic mass is 16.5. The molecule has 4 heteroatoms. The number of likely N-dealkylation sites (N-methyl/N-ethyl adjacent to an activating group) is 1. The van der Waals surface area contributed by atoms with Gasteiger partial charge in [0.1, 0.15) is 6.04 Å². The summed E-state index contributed by atoms with van der Waals surface area (Å²) in [6.45, 7) is 2.85. The molecule has 2 rings (SSSR count). The third kappa shape index (κ3) is 2.89. The highest BCUT2D eigenvalue weighted by Crippen LogP contribution is 2.30. The van der Waals surface area contributed by atoms with Gasteiger partial charge < -0.3 is 15.0 Å². The Morgan fingerprint density at radius 1 is 1.53 bits per heavy atom. The molecule has 0 saturated carbocycles. The van der Waals surface area contributed by atoms with Crippen LogP contribution in [0.1, 0.15) is 18.9 Å². The minimum Gasteiger partial charge on any atom is -0.468 e. The molecule has 1 aliphatic rings. The van der Waals surface area contributed by atoms with Crippen LogP contribution in [0.3, 0.4) is 0 Å². The molecule has 19 heavy (non-hydrogen) atoms. The second-order valence-corrected chi connectivity index (χ2v) is 5.03. The van der Waals surface area contributed by atoms with Crippen LogP contribution in [0.2, 0.25) is 0 Å². The average Bonchev–Trinajstić information content (AvgIpc) is 2.45. The van der Waals surface area contributed by atoms with Gasteiger partial charge in [0.25, 0.3) is 0 Å². The Balaban J connectivity index is 2.21. The summed E-state index contributed by atoms with van der Waals surface area (Å²) >= 11 is 0. The second kappa shape index (κ2) is 6.06. The van der Waals surface area contributed by atoms with Gasteiger partial charge in [0, 0.05) is 18.3 Å². The van der Waals surface area contributed by atoms with E-state index < -0.39 is 0 Å². The van der Waals surface area contributed by atoms with Crippen LogP contribution in [0.5, 0.6) is 0 Å². The normalized spacial score (nSPS) is 19.7. The number of fused-ring (bicyclic) bond motifs is 1. The number of para-hydroxylation sites is 1. The minimum atomic E-state index is -0.293. The van der Waals surface area contributed by atoms with Gasteiger partial charge in [0.2, 0.25) is 0 Å². The smallest absolute Gasteiger partial charge is 0.324 e. The molecule has 2 atom stereocenters. The maximum absolute atomic E-state index is 11.7. The molecule has 1 aromatic carbocycles. The molecule has 1 aliphatic heterocycles. The minimum absolute atomic E-state index is 0.210. The van der Waals surface area contributed by atoms with E-state index in [-0.39, 0.29) is 12.0 Å². The van der Waals surface area contributed by atoms with Crippen molar-refractivity contribution in [1.82, 2.24) is 5.32 Å². The highest BCUT2D eigenvalue weighted by Gasteiger charge is 2.27. The molecule has 0 radical (unpaired) electrons. The zero-order chi connectivity index (χ0) is 13.8. The fourth-order valence-electron chi connectivity index (χ4n) is 2.66. The van der Waals surface area contributed by atoms with Gasteiger partial charge in [-0.2, -0.15) is 0 Å². The molecule has 1 N–H and O–H groups in total. The zero-order valence-corrected chi connectivity index (χ0v) is 11.8. The van der Waals surface area contributed by atoms with E-state index in [0.29, 0.717) is 12.6 Å². The van der Waals surface area contributed by atoms with E-state index in [4.69, 9.17) is 4.74 Å². The predicted octanol–water partition coefficient (Wildman–Crippen LogP) is 1.59. The topological polar surface area (TPSA) is 41.6 Å². The lowest BCUT2D eigenvalue weighted by molar-refractivity contribution is -0.142. The Morgan fingerprint density at radius 2 is 2.26 bits per heavy atom. The van der Waals surface area contributed by atoms with Gasteiger partial charge in [-0.15, -0.1) is 0 Å². The van der Waals surface area contributed by atoms with Crippen LogP contribution < -0.4 is 10.2 Å². The van der Waals surface area contributed by atoms with Gasteiger partial charge in [-0.25, -0.2) is 0 Å². The first-order chi connectivity index (χ1) is 9.17. The van der Waals surface area contributed by atoms with Crippen molar-refractivity contribution in [2.75, 3.05) is 25.6 Å². The molecular formula is C15H22N2O2. The number of carbonyl (C=O) groups excluding carboxylic acids is 1. The number of carbonyl (C=O) groups is 1. The summed E-state index contributed by atoms with van der Waals surface area (Å²) in [5.41, 5.74) is 2.60. The van der Waals surface area contributed by atoms with Gasteiger partial charge in [-0.05, 0) is 38.4 Å². The molecule has 1 aromatic rings. The van der Waals surface area contributed by atoms with Crippen molar-refractivity contribution >= 4 is 11.7 Å². The van der Waals surface area contributed by atoms with E-state index in [2.05, 4.69) is 41.4 Å². The van der Waals surface area contributed by atoms with Crippen molar-refractivity contribution in [3.63, 3.8) is 0 Å². The van der Waals surface area contributed by atoms with Gasteiger partial charge in [-0.3, -0.25) is 4.79 Å². The summed E-state index contributed by atoms with van der Waals surface area (Å²) in [4.78, 5) is 14.0. The summed E-state index contributed by atoms with van der Waals surface area (Å²) in [7, 11) is 3.22. The lowest BCUT2D eigenvalue weighted by atomic mass is 9.96. The number of nitrogens with one attached hydrogen (secondary N) is 1. The van der Waals surface area contributed by atoms with Gasteiger partial charge >= 0.3 is 5.97 Å². The van der Waals surface area contributed by atoms with Crippen molar-refractivity contribution in [1.29, 1.82) is 0 Å². The number of esters is 1. The number of benzene rings is 1. The molecule has 1 heterocycles. The summed E-state index contributed by atoms with van der Waals surface area (Å²) in [5, 5.41) is 3.04. The largest absolute Gasteiger partial charge is 0.468 e. The van der Waals surface area contributed by atoms with Crippen LogP contribution in [0.15, 0.2) is 24.3 Å². The van der Waals surface area contributed by atoms with Crippen LogP contribution >= 0.6 is 0 Å². The van der Waals surface area contributed by atoms with Crippen molar-refractivity contribution in [2.45, 2.75) is 31.8 Å². The molecular weight excluding hydrogens is 240 g/mol. The van der Waals surface area contributed by atoms with Crippen molar-refractivity contribution in [2.24, 2.45) is 0 Å². The molecule has 4 nitrogen and oxygen atoms in total. The Morgan fingerprint density at radius 3 is 2.95 bits per heavy atom. The molecule has 0 bridgehead atoms. The number of ether oxygens (including phenoxy) is 1. The lowest BCUT2D eigenvalue weighted by Gasteiger charge is -2.38. The Bertz CT molecular complexity index is 448. The standard InChI is InChI=1S/C15H22N2O2/c1-11-8-9-12-6-4-5-7-14(12)17(11)10-13(16-2)15(18)19-3/h4-7,11,13,16H,8-10H2,1-3H3. The van der Waals surface area contributed by atoms with Crippen LogP contribution in [0.25, 0.3) is 0 Å². The molecule has 0 saturated heterocycles. The van der Waals surface area contributed by atoms with Crippen LogP contribution in [0.4, 0.5) is 5.69 Å². The van der Waals surface area contributed by atoms with Gasteiger partial charge in [0.05, 0.1) is 7.11 Å². The van der Waals surface area contributed by atoms with Crippen LogP contribution in [-0.2, 0) is 16.0 Å². The summed E-state index contributed by atoms with van der Waals surface area (Å²) in [6, 6.07) is 8.57. The molecule has 0 amide bonds. The van der Waals surface area contributed by atoms with E-state index in [9.17, 15) is 4.79 Å². The highest BCUT2D eigenvalue weighted by molar-refractivity contribution is 5.76. The SMILES string of the molecule is CNC(CN1c2ccccc2CCC1C)C(=O)OC. The van der Waals surface area contributed by atoms with E-state index in [1.165, 1.54) is 18.4 Å². The van der Waals surface area contributed by atoms with Crippen LogP contribution in [-0.4, -0.2) is 38.8 Å². The van der Waals surface area contributed by atoms with Crippen LogP contribution in [0, 0.1) is 0 Å². The first-order valence-corrected chi connectivity index (χ1v) is 6.77. The molecule has 0 spiro atoms. The monoisotopic (exact) mass is 262 g/mol. The fraction of sp³-hybridized carbons (Fsp3) is 0.533. The number of methoxy groups -OCH3 is 1. The van der Waals surface area contributed by atoms with E-state index in [1.54, 1.807) is 7.05 Å². The molecule has 0 aromatic heterocycles. The first kappa shape index (κ1) is 13.9.